The molecule has 0 amide bonds. The molecule has 1 heterocycles. The van der Waals surface area contributed by atoms with Gasteiger partial charge in [-0.25, -0.2) is 17.6 Å². The highest BCUT2D eigenvalue weighted by atomic mass is 79.9. The molecule has 2 aromatic carbocycles. The van der Waals surface area contributed by atoms with Crippen molar-refractivity contribution in [1.82, 2.24) is 4.57 Å². The first-order chi connectivity index (χ1) is 13.3. The third kappa shape index (κ3) is 3.70. The van der Waals surface area contributed by atoms with Crippen LogP contribution in [-0.4, -0.2) is 10.9 Å². The number of benzene rings is 2. The first kappa shape index (κ1) is 19.8. The number of para-hydroxylation sites is 1. The van der Waals surface area contributed by atoms with Crippen LogP contribution in [0.2, 0.25) is 0 Å². The van der Waals surface area contributed by atoms with Gasteiger partial charge in [0.15, 0.2) is 12.0 Å². The van der Waals surface area contributed by atoms with E-state index in [4.69, 9.17) is 4.74 Å². The standard InChI is InChI=1S/C19H10BrF4NO3/c20-16-18(28-9-10-4-5-12(21)6-15(10)24)11(8-26)7-25(19(16)27)17-13(22)2-1-3-14(17)23/h1-8H,9H2. The van der Waals surface area contributed by atoms with Gasteiger partial charge in [0.2, 0.25) is 0 Å². The fourth-order valence-electron chi connectivity index (χ4n) is 2.49. The van der Waals surface area contributed by atoms with E-state index in [9.17, 15) is 27.2 Å². The summed E-state index contributed by atoms with van der Waals surface area (Å²) in [4.78, 5) is 24.0. The minimum Gasteiger partial charge on any atom is -0.487 e. The zero-order chi connectivity index (χ0) is 20.4. The highest BCUT2D eigenvalue weighted by Gasteiger charge is 2.20. The lowest BCUT2D eigenvalue weighted by Crippen LogP contribution is -2.23. The molecule has 9 heteroatoms. The third-order valence-corrected chi connectivity index (χ3v) is 4.53. The maximum Gasteiger partial charge on any atom is 0.273 e. The topological polar surface area (TPSA) is 48.3 Å². The molecule has 0 atom stereocenters. The number of aldehydes is 1. The molecule has 0 spiro atoms. The lowest BCUT2D eigenvalue weighted by Gasteiger charge is -2.15. The van der Waals surface area contributed by atoms with Crippen LogP contribution in [0, 0.1) is 23.3 Å². The average Bonchev–Trinajstić information content (AvgIpc) is 2.65. The normalized spacial score (nSPS) is 10.8. The number of aromatic nitrogens is 1. The monoisotopic (exact) mass is 455 g/mol. The Morgan fingerprint density at radius 1 is 1.04 bits per heavy atom. The molecule has 0 radical (unpaired) electrons. The molecule has 0 aliphatic carbocycles. The number of hydrogen-bond donors (Lipinski definition) is 0. The summed E-state index contributed by atoms with van der Waals surface area (Å²) in [5, 5.41) is 0. The van der Waals surface area contributed by atoms with E-state index in [2.05, 4.69) is 15.9 Å². The van der Waals surface area contributed by atoms with Gasteiger partial charge in [-0.05, 0) is 40.2 Å². The molecule has 0 fully saturated rings. The lowest BCUT2D eigenvalue weighted by molar-refractivity contribution is 0.111. The van der Waals surface area contributed by atoms with Crippen molar-refractivity contribution in [3.8, 4) is 11.4 Å². The van der Waals surface area contributed by atoms with Crippen molar-refractivity contribution >= 4 is 22.2 Å². The lowest BCUT2D eigenvalue weighted by atomic mass is 10.2. The second kappa shape index (κ2) is 7.97. The number of carbonyl (C=O) groups is 1. The Morgan fingerprint density at radius 3 is 2.32 bits per heavy atom. The number of pyridine rings is 1. The van der Waals surface area contributed by atoms with E-state index >= 15 is 0 Å². The molecular formula is C19H10BrF4NO3. The minimum absolute atomic E-state index is 0.0190. The molecule has 144 valence electrons. The van der Waals surface area contributed by atoms with E-state index < -0.39 is 41.1 Å². The van der Waals surface area contributed by atoms with Crippen LogP contribution >= 0.6 is 15.9 Å². The minimum atomic E-state index is -1.01. The maximum atomic E-state index is 14.0. The molecule has 3 rings (SSSR count). The molecule has 0 unspecified atom stereocenters. The van der Waals surface area contributed by atoms with Crippen LogP contribution in [0.25, 0.3) is 5.69 Å². The zero-order valence-electron chi connectivity index (χ0n) is 13.9. The number of rotatable bonds is 5. The fourth-order valence-corrected chi connectivity index (χ4v) is 3.02. The van der Waals surface area contributed by atoms with Crippen LogP contribution in [0.15, 0.2) is 51.9 Å². The van der Waals surface area contributed by atoms with Crippen molar-refractivity contribution in [1.29, 1.82) is 0 Å². The number of hydrogen-bond acceptors (Lipinski definition) is 3. The molecule has 28 heavy (non-hydrogen) atoms. The van der Waals surface area contributed by atoms with Gasteiger partial charge in [-0.2, -0.15) is 0 Å². The summed E-state index contributed by atoms with van der Waals surface area (Å²) >= 11 is 2.96. The Morgan fingerprint density at radius 2 is 1.71 bits per heavy atom. The predicted octanol–water partition coefficient (Wildman–Crippen LogP) is 4.55. The second-order valence-corrected chi connectivity index (χ2v) is 6.41. The Bertz CT molecular complexity index is 1110. The van der Waals surface area contributed by atoms with Crippen molar-refractivity contribution in [2.45, 2.75) is 6.61 Å². The second-order valence-electron chi connectivity index (χ2n) is 5.62. The third-order valence-electron chi connectivity index (χ3n) is 3.83. The fraction of sp³-hybridized carbons (Fsp3) is 0.0526. The zero-order valence-corrected chi connectivity index (χ0v) is 15.5. The van der Waals surface area contributed by atoms with Gasteiger partial charge in [0.05, 0.1) is 5.56 Å². The highest BCUT2D eigenvalue weighted by molar-refractivity contribution is 9.10. The summed E-state index contributed by atoms with van der Waals surface area (Å²) in [6.07, 6.45) is 1.23. The van der Waals surface area contributed by atoms with Crippen molar-refractivity contribution in [3.05, 3.63) is 91.8 Å². The Hall–Kier alpha value is -2.94. The molecule has 0 N–H and O–H groups in total. The van der Waals surface area contributed by atoms with Gasteiger partial charge in [-0.3, -0.25) is 14.2 Å². The van der Waals surface area contributed by atoms with Crippen molar-refractivity contribution in [2.24, 2.45) is 0 Å². The van der Waals surface area contributed by atoms with E-state index in [1.54, 1.807) is 0 Å². The van der Waals surface area contributed by atoms with Gasteiger partial charge >= 0.3 is 0 Å². The number of nitrogens with zero attached hydrogens (tertiary/aromatic N) is 1. The van der Waals surface area contributed by atoms with Crippen LogP contribution in [0.4, 0.5) is 17.6 Å². The summed E-state index contributed by atoms with van der Waals surface area (Å²) in [6.45, 7) is -0.414. The van der Waals surface area contributed by atoms with E-state index in [-0.39, 0.29) is 21.3 Å². The van der Waals surface area contributed by atoms with Gasteiger partial charge in [0.1, 0.15) is 40.0 Å². The molecular weight excluding hydrogens is 446 g/mol. The molecule has 4 nitrogen and oxygen atoms in total. The van der Waals surface area contributed by atoms with Gasteiger partial charge in [0, 0.05) is 17.8 Å². The van der Waals surface area contributed by atoms with Gasteiger partial charge < -0.3 is 4.74 Å². The summed E-state index contributed by atoms with van der Waals surface area (Å²) in [6, 6.07) is 5.88. The summed E-state index contributed by atoms with van der Waals surface area (Å²) in [7, 11) is 0. The Kier molecular flexibility index (Phi) is 5.64. The largest absolute Gasteiger partial charge is 0.487 e. The van der Waals surface area contributed by atoms with Gasteiger partial charge in [-0.15, -0.1) is 0 Å². The molecule has 3 aromatic rings. The summed E-state index contributed by atoms with van der Waals surface area (Å²) in [5.41, 5.74) is -1.79. The predicted molar refractivity (Wildman–Crippen MR) is 95.7 cm³/mol. The summed E-state index contributed by atoms with van der Waals surface area (Å²) < 4.78 is 60.5. The number of carbonyl (C=O) groups excluding carboxylic acids is 1. The molecule has 0 bridgehead atoms. The summed E-state index contributed by atoms with van der Waals surface area (Å²) in [5.74, 6) is -3.89. The first-order valence-corrected chi connectivity index (χ1v) is 8.54. The van der Waals surface area contributed by atoms with Crippen LogP contribution in [0.5, 0.6) is 5.75 Å². The van der Waals surface area contributed by atoms with Crippen LogP contribution < -0.4 is 10.3 Å². The molecule has 1 aromatic heterocycles. The van der Waals surface area contributed by atoms with Crippen molar-refractivity contribution in [3.63, 3.8) is 0 Å². The quantitative estimate of drug-likeness (QED) is 0.418. The van der Waals surface area contributed by atoms with Gasteiger partial charge in [0.25, 0.3) is 5.56 Å². The van der Waals surface area contributed by atoms with Crippen LogP contribution in [0.1, 0.15) is 15.9 Å². The van der Waals surface area contributed by atoms with Crippen molar-refractivity contribution < 1.29 is 27.1 Å². The SMILES string of the molecule is O=Cc1cn(-c2c(F)cccc2F)c(=O)c(Br)c1OCc1ccc(F)cc1F. The smallest absolute Gasteiger partial charge is 0.273 e. The Balaban J connectivity index is 2.05. The van der Waals surface area contributed by atoms with Crippen LogP contribution in [0.3, 0.4) is 0 Å². The highest BCUT2D eigenvalue weighted by Crippen LogP contribution is 2.28. The molecule has 0 saturated heterocycles. The van der Waals surface area contributed by atoms with E-state index in [1.807, 2.05) is 0 Å². The number of ether oxygens (including phenoxy) is 1. The Labute approximate surface area is 164 Å². The number of halogens is 5. The first-order valence-electron chi connectivity index (χ1n) is 7.75. The van der Waals surface area contributed by atoms with E-state index in [0.717, 1.165) is 36.5 Å². The molecule has 0 aliphatic rings. The molecule has 0 saturated carbocycles. The maximum absolute atomic E-state index is 14.0. The van der Waals surface area contributed by atoms with E-state index in [1.165, 1.54) is 0 Å². The molecule has 0 aliphatic heterocycles. The van der Waals surface area contributed by atoms with Crippen LogP contribution in [-0.2, 0) is 6.61 Å². The van der Waals surface area contributed by atoms with Gasteiger partial charge in [-0.1, -0.05) is 6.07 Å². The average molecular weight is 456 g/mol. The van der Waals surface area contributed by atoms with Crippen molar-refractivity contribution in [2.75, 3.05) is 0 Å². The van der Waals surface area contributed by atoms with E-state index in [0.29, 0.717) is 16.9 Å².